The molecule has 0 bridgehead atoms. The van der Waals surface area contributed by atoms with Crippen LogP contribution in [0.25, 0.3) is 0 Å². The number of hydrogen-bond donors (Lipinski definition) is 0. The van der Waals surface area contributed by atoms with Gasteiger partial charge in [-0.2, -0.15) is 0 Å². The van der Waals surface area contributed by atoms with Gasteiger partial charge in [-0.25, -0.2) is 0 Å². The van der Waals surface area contributed by atoms with Gasteiger partial charge < -0.3 is 0 Å². The molecule has 1 heteroatoms. The lowest BCUT2D eigenvalue weighted by atomic mass is 10.0. The number of halogens is 1. The average molecular weight is 317 g/mol. The number of hydrogen-bond acceptors (Lipinski definition) is 0. The molecule has 0 nitrogen and oxygen atoms in total. The summed E-state index contributed by atoms with van der Waals surface area (Å²) in [7, 11) is 0. The molecule has 0 saturated carbocycles. The van der Waals surface area contributed by atoms with E-state index in [9.17, 15) is 0 Å². The van der Waals surface area contributed by atoms with Gasteiger partial charge in [-0.1, -0.05) is 90.3 Å². The number of unbranched alkanes of at least 4 members (excludes halogenated alkanes) is 1. The Balaban J connectivity index is 1.98. The Bertz CT molecular complexity index is 473. The first-order chi connectivity index (χ1) is 9.29. The van der Waals surface area contributed by atoms with Gasteiger partial charge in [0, 0.05) is 4.83 Å². The summed E-state index contributed by atoms with van der Waals surface area (Å²) in [4.78, 5) is 0.498. The second-order valence-electron chi connectivity index (χ2n) is 5.01. The normalized spacial score (nSPS) is 12.3. The Morgan fingerprint density at radius 1 is 0.895 bits per heavy atom. The monoisotopic (exact) mass is 316 g/mol. The predicted octanol–water partition coefficient (Wildman–Crippen LogP) is 5.90. The summed E-state index contributed by atoms with van der Waals surface area (Å²) in [5, 5.41) is 0. The maximum Gasteiger partial charge on any atom is 0.0395 e. The first-order valence-corrected chi connectivity index (χ1v) is 7.98. The molecule has 2 aromatic rings. The van der Waals surface area contributed by atoms with E-state index in [1.165, 1.54) is 36.0 Å². The summed E-state index contributed by atoms with van der Waals surface area (Å²) >= 11 is 3.78. The van der Waals surface area contributed by atoms with Gasteiger partial charge in [0.1, 0.15) is 0 Å². The van der Waals surface area contributed by atoms with Crippen LogP contribution < -0.4 is 0 Å². The molecular formula is C18H21Br. The van der Waals surface area contributed by atoms with Crippen LogP contribution in [0.3, 0.4) is 0 Å². The Labute approximate surface area is 125 Å². The number of rotatable bonds is 6. The lowest BCUT2D eigenvalue weighted by Crippen LogP contribution is -1.92. The lowest BCUT2D eigenvalue weighted by molar-refractivity contribution is 0.713. The zero-order valence-corrected chi connectivity index (χ0v) is 13.1. The second kappa shape index (κ2) is 7.49. The molecule has 0 heterocycles. The Hall–Kier alpha value is -1.08. The molecule has 0 spiro atoms. The topological polar surface area (TPSA) is 0 Å². The molecule has 2 rings (SSSR count). The average Bonchev–Trinajstić information content (AvgIpc) is 2.46. The van der Waals surface area contributed by atoms with E-state index in [1.54, 1.807) is 0 Å². The third-order valence-corrected chi connectivity index (χ3v) is 4.39. The summed E-state index contributed by atoms with van der Waals surface area (Å²) in [5.41, 5.74) is 4.15. The SMILES string of the molecule is CCCCC(Br)c1ccc(Cc2ccccc2)cc1. The molecule has 2 aromatic carbocycles. The molecule has 0 N–H and O–H groups in total. The Morgan fingerprint density at radius 3 is 2.16 bits per heavy atom. The first-order valence-electron chi connectivity index (χ1n) is 7.06. The highest BCUT2D eigenvalue weighted by Crippen LogP contribution is 2.28. The summed E-state index contributed by atoms with van der Waals surface area (Å²) in [5.74, 6) is 0. The van der Waals surface area contributed by atoms with Gasteiger partial charge in [-0.3, -0.25) is 0 Å². The summed E-state index contributed by atoms with van der Waals surface area (Å²) in [6.45, 7) is 2.24. The van der Waals surface area contributed by atoms with Crippen LogP contribution in [0.15, 0.2) is 54.6 Å². The fraction of sp³-hybridized carbons (Fsp3) is 0.333. The van der Waals surface area contributed by atoms with Crippen molar-refractivity contribution in [2.45, 2.75) is 37.4 Å². The van der Waals surface area contributed by atoms with Gasteiger partial charge in [0.15, 0.2) is 0 Å². The van der Waals surface area contributed by atoms with E-state index in [-0.39, 0.29) is 0 Å². The molecule has 0 amide bonds. The molecular weight excluding hydrogens is 296 g/mol. The maximum atomic E-state index is 3.78. The largest absolute Gasteiger partial charge is 0.0839 e. The highest BCUT2D eigenvalue weighted by molar-refractivity contribution is 9.09. The quantitative estimate of drug-likeness (QED) is 0.582. The number of alkyl halides is 1. The van der Waals surface area contributed by atoms with Gasteiger partial charge in [0.25, 0.3) is 0 Å². The molecule has 100 valence electrons. The minimum atomic E-state index is 0.498. The van der Waals surface area contributed by atoms with Crippen molar-refractivity contribution in [3.05, 3.63) is 71.3 Å². The molecule has 0 fully saturated rings. The zero-order valence-electron chi connectivity index (χ0n) is 11.5. The van der Waals surface area contributed by atoms with Gasteiger partial charge in [0.2, 0.25) is 0 Å². The van der Waals surface area contributed by atoms with E-state index < -0.39 is 0 Å². The summed E-state index contributed by atoms with van der Waals surface area (Å²) in [6, 6.07) is 19.7. The van der Waals surface area contributed by atoms with Crippen molar-refractivity contribution in [3.63, 3.8) is 0 Å². The molecule has 0 aromatic heterocycles. The van der Waals surface area contributed by atoms with Crippen molar-refractivity contribution in [1.29, 1.82) is 0 Å². The van der Waals surface area contributed by atoms with Gasteiger partial charge in [0.05, 0.1) is 0 Å². The first kappa shape index (κ1) is 14.3. The molecule has 1 unspecified atom stereocenters. The van der Waals surface area contributed by atoms with Crippen molar-refractivity contribution in [2.24, 2.45) is 0 Å². The minimum Gasteiger partial charge on any atom is -0.0839 e. The molecule has 19 heavy (non-hydrogen) atoms. The Kier molecular flexibility index (Phi) is 5.65. The van der Waals surface area contributed by atoms with Crippen molar-refractivity contribution < 1.29 is 0 Å². The lowest BCUT2D eigenvalue weighted by Gasteiger charge is -2.10. The Morgan fingerprint density at radius 2 is 1.53 bits per heavy atom. The van der Waals surface area contributed by atoms with Crippen LogP contribution in [0.1, 0.15) is 47.7 Å². The van der Waals surface area contributed by atoms with E-state index in [1.807, 2.05) is 0 Å². The molecule has 0 saturated heterocycles. The fourth-order valence-electron chi connectivity index (χ4n) is 2.23. The fourth-order valence-corrected chi connectivity index (χ4v) is 2.85. The van der Waals surface area contributed by atoms with Crippen molar-refractivity contribution >= 4 is 15.9 Å². The standard InChI is InChI=1S/C18H21Br/c1-2-3-9-18(19)17-12-10-16(11-13-17)14-15-7-5-4-6-8-15/h4-8,10-13,18H,2-3,9,14H2,1H3. The van der Waals surface area contributed by atoms with E-state index >= 15 is 0 Å². The molecule has 0 aliphatic rings. The highest BCUT2D eigenvalue weighted by Gasteiger charge is 2.06. The van der Waals surface area contributed by atoms with Crippen molar-refractivity contribution in [3.8, 4) is 0 Å². The van der Waals surface area contributed by atoms with E-state index in [0.29, 0.717) is 4.83 Å². The predicted molar refractivity (Wildman–Crippen MR) is 86.9 cm³/mol. The van der Waals surface area contributed by atoms with Crippen LogP contribution in [-0.4, -0.2) is 0 Å². The van der Waals surface area contributed by atoms with E-state index in [2.05, 4.69) is 77.5 Å². The smallest absolute Gasteiger partial charge is 0.0395 e. The van der Waals surface area contributed by atoms with Gasteiger partial charge in [-0.15, -0.1) is 0 Å². The van der Waals surface area contributed by atoms with Crippen molar-refractivity contribution in [1.82, 2.24) is 0 Å². The zero-order chi connectivity index (χ0) is 13.5. The van der Waals surface area contributed by atoms with Crippen LogP contribution in [0.4, 0.5) is 0 Å². The minimum absolute atomic E-state index is 0.498. The van der Waals surface area contributed by atoms with Crippen LogP contribution >= 0.6 is 15.9 Å². The van der Waals surface area contributed by atoms with E-state index in [4.69, 9.17) is 0 Å². The summed E-state index contributed by atoms with van der Waals surface area (Å²) < 4.78 is 0. The van der Waals surface area contributed by atoms with Crippen LogP contribution in [-0.2, 0) is 6.42 Å². The number of benzene rings is 2. The van der Waals surface area contributed by atoms with Crippen LogP contribution in [0.2, 0.25) is 0 Å². The third kappa shape index (κ3) is 4.50. The van der Waals surface area contributed by atoms with E-state index in [0.717, 1.165) is 6.42 Å². The third-order valence-electron chi connectivity index (χ3n) is 3.40. The van der Waals surface area contributed by atoms with Gasteiger partial charge >= 0.3 is 0 Å². The maximum absolute atomic E-state index is 3.78. The molecule has 0 aliphatic heterocycles. The molecule has 0 aliphatic carbocycles. The van der Waals surface area contributed by atoms with Crippen molar-refractivity contribution in [2.75, 3.05) is 0 Å². The molecule has 1 atom stereocenters. The highest BCUT2D eigenvalue weighted by atomic mass is 79.9. The van der Waals surface area contributed by atoms with Crippen LogP contribution in [0, 0.1) is 0 Å². The van der Waals surface area contributed by atoms with Crippen LogP contribution in [0.5, 0.6) is 0 Å². The van der Waals surface area contributed by atoms with Gasteiger partial charge in [-0.05, 0) is 29.5 Å². The molecule has 0 radical (unpaired) electrons. The summed E-state index contributed by atoms with van der Waals surface area (Å²) in [6.07, 6.45) is 4.77. The second-order valence-corrected chi connectivity index (χ2v) is 6.12.